The lowest BCUT2D eigenvalue weighted by Crippen LogP contribution is -2.27. The van der Waals surface area contributed by atoms with Gasteiger partial charge in [0.15, 0.2) is 0 Å². The van der Waals surface area contributed by atoms with Crippen molar-refractivity contribution in [2.45, 2.75) is 84.5 Å². The number of unbranched alkanes of at least 4 members (excludes halogenated alkanes) is 4. The Kier molecular flexibility index (Phi) is 27.6. The summed E-state index contributed by atoms with van der Waals surface area (Å²) in [6.07, 6.45) is 28.5. The van der Waals surface area contributed by atoms with Gasteiger partial charge in [0.1, 0.15) is 5.78 Å². The maximum Gasteiger partial charge on any atom is 0.220 e. The van der Waals surface area contributed by atoms with Gasteiger partial charge in [-0.05, 0) is 51.9 Å². The molecule has 1 amide bonds. The number of allylic oxidation sites excluding steroid dienone is 8. The van der Waals surface area contributed by atoms with E-state index in [0.717, 1.165) is 32.1 Å². The zero-order chi connectivity index (χ0) is 26.4. The van der Waals surface area contributed by atoms with Gasteiger partial charge in [0, 0.05) is 19.4 Å². The minimum atomic E-state index is 0.0634. The first-order chi connectivity index (χ1) is 17.7. The molecule has 6 heteroatoms. The largest absolute Gasteiger partial charge is 0.379 e. The van der Waals surface area contributed by atoms with E-state index in [2.05, 4.69) is 60.8 Å². The molecule has 0 rings (SSSR count). The van der Waals surface area contributed by atoms with E-state index in [1.165, 1.54) is 25.7 Å². The van der Waals surface area contributed by atoms with Crippen LogP contribution in [0, 0.1) is 0 Å². The van der Waals surface area contributed by atoms with Crippen molar-refractivity contribution in [1.82, 2.24) is 5.32 Å². The molecular formula is C30H51NO5. The maximum absolute atomic E-state index is 11.8. The molecule has 206 valence electrons. The molecule has 0 atom stereocenters. The van der Waals surface area contributed by atoms with Gasteiger partial charge in [-0.1, -0.05) is 68.4 Å². The van der Waals surface area contributed by atoms with Crippen molar-refractivity contribution in [3.63, 3.8) is 0 Å². The normalized spacial score (nSPS) is 12.1. The minimum Gasteiger partial charge on any atom is -0.379 e. The van der Waals surface area contributed by atoms with Crippen molar-refractivity contribution in [3.8, 4) is 0 Å². The molecule has 0 radical (unpaired) electrons. The van der Waals surface area contributed by atoms with Crippen LogP contribution in [0.25, 0.3) is 0 Å². The number of hydrogen-bond acceptors (Lipinski definition) is 5. The second-order valence-electron chi connectivity index (χ2n) is 8.62. The lowest BCUT2D eigenvalue weighted by molar-refractivity contribution is -0.121. The van der Waals surface area contributed by atoms with Gasteiger partial charge >= 0.3 is 0 Å². The van der Waals surface area contributed by atoms with Crippen molar-refractivity contribution < 1.29 is 23.8 Å². The fourth-order valence-corrected chi connectivity index (χ4v) is 3.05. The van der Waals surface area contributed by atoms with Crippen molar-refractivity contribution in [2.75, 3.05) is 46.2 Å². The summed E-state index contributed by atoms with van der Waals surface area (Å²) in [6.45, 7) is 7.14. The van der Waals surface area contributed by atoms with E-state index < -0.39 is 0 Å². The SMILES string of the molecule is CCCCC/C=C\C/C=C\C/C=C\C/C=C\CCCC(=O)NCCOCCOCCOCCC(C)=O. The summed E-state index contributed by atoms with van der Waals surface area (Å²) < 4.78 is 16.1. The van der Waals surface area contributed by atoms with Crippen LogP contribution >= 0.6 is 0 Å². The number of carbonyl (C=O) groups is 2. The van der Waals surface area contributed by atoms with Gasteiger partial charge in [-0.25, -0.2) is 0 Å². The molecule has 0 saturated heterocycles. The summed E-state index contributed by atoms with van der Waals surface area (Å²) in [5.74, 6) is 0.191. The van der Waals surface area contributed by atoms with Crippen LogP contribution in [0.3, 0.4) is 0 Å². The number of nitrogens with one attached hydrogen (secondary N) is 1. The third-order valence-electron chi connectivity index (χ3n) is 5.14. The van der Waals surface area contributed by atoms with Gasteiger partial charge in [-0.15, -0.1) is 0 Å². The molecule has 0 aliphatic heterocycles. The van der Waals surface area contributed by atoms with Crippen molar-refractivity contribution >= 4 is 11.7 Å². The van der Waals surface area contributed by atoms with Crippen LogP contribution in [0.4, 0.5) is 0 Å². The molecular weight excluding hydrogens is 454 g/mol. The first-order valence-electron chi connectivity index (χ1n) is 13.8. The van der Waals surface area contributed by atoms with Gasteiger partial charge in [-0.2, -0.15) is 0 Å². The van der Waals surface area contributed by atoms with Crippen LogP contribution in [0.5, 0.6) is 0 Å². The standard InChI is InChI=1S/C30H51NO5/c1-3-4-5-6-7-8-9-10-11-12-13-14-15-16-17-18-19-20-30(33)31-22-24-35-26-28-36-27-25-34-23-21-29(2)32/h7-8,10-11,13-14,16-17H,3-6,9,12,15,18-28H2,1-2H3,(H,31,33)/b8-7-,11-10-,14-13-,17-16-. The molecule has 6 nitrogen and oxygen atoms in total. The van der Waals surface area contributed by atoms with Crippen molar-refractivity contribution in [3.05, 3.63) is 48.6 Å². The number of ether oxygens (including phenoxy) is 3. The van der Waals surface area contributed by atoms with Crippen LogP contribution < -0.4 is 5.32 Å². The third kappa shape index (κ3) is 30.0. The summed E-state index contributed by atoms with van der Waals surface area (Å²) in [6, 6.07) is 0. The van der Waals surface area contributed by atoms with Crippen LogP contribution in [0.15, 0.2) is 48.6 Å². The number of amides is 1. The van der Waals surface area contributed by atoms with Crippen LogP contribution in [0.2, 0.25) is 0 Å². The number of rotatable bonds is 26. The zero-order valence-corrected chi connectivity index (χ0v) is 22.9. The Morgan fingerprint density at radius 2 is 1.11 bits per heavy atom. The second-order valence-corrected chi connectivity index (χ2v) is 8.62. The quantitative estimate of drug-likeness (QED) is 0.111. The molecule has 0 saturated carbocycles. The molecule has 0 aromatic rings. The number of carbonyl (C=O) groups excluding carboxylic acids is 2. The summed E-state index contributed by atoms with van der Waals surface area (Å²) in [4.78, 5) is 22.6. The van der Waals surface area contributed by atoms with Crippen LogP contribution in [-0.2, 0) is 23.8 Å². The fraction of sp³-hybridized carbons (Fsp3) is 0.667. The molecule has 0 aliphatic carbocycles. The lowest BCUT2D eigenvalue weighted by Gasteiger charge is -2.07. The van der Waals surface area contributed by atoms with E-state index in [9.17, 15) is 9.59 Å². The highest BCUT2D eigenvalue weighted by atomic mass is 16.5. The predicted octanol–water partition coefficient (Wildman–Crippen LogP) is 6.28. The average molecular weight is 506 g/mol. The minimum absolute atomic E-state index is 0.0634. The lowest BCUT2D eigenvalue weighted by atomic mass is 10.2. The van der Waals surface area contributed by atoms with Gasteiger partial charge in [0.05, 0.1) is 39.6 Å². The first-order valence-corrected chi connectivity index (χ1v) is 13.8. The maximum atomic E-state index is 11.8. The van der Waals surface area contributed by atoms with Crippen LogP contribution in [0.1, 0.15) is 84.5 Å². The Bertz CT molecular complexity index is 625. The molecule has 0 unspecified atom stereocenters. The first kappa shape index (κ1) is 34.0. The summed E-state index contributed by atoms with van der Waals surface area (Å²) in [7, 11) is 0. The molecule has 1 N–H and O–H groups in total. The van der Waals surface area contributed by atoms with Crippen molar-refractivity contribution in [1.29, 1.82) is 0 Å². The second kappa shape index (κ2) is 29.2. The van der Waals surface area contributed by atoms with E-state index in [1.807, 2.05) is 0 Å². The van der Waals surface area contributed by atoms with E-state index in [1.54, 1.807) is 6.92 Å². The monoisotopic (exact) mass is 505 g/mol. The molecule has 0 heterocycles. The van der Waals surface area contributed by atoms with E-state index in [0.29, 0.717) is 59.0 Å². The van der Waals surface area contributed by atoms with Gasteiger partial charge in [-0.3, -0.25) is 9.59 Å². The fourth-order valence-electron chi connectivity index (χ4n) is 3.05. The molecule has 0 fully saturated rings. The molecule has 0 bridgehead atoms. The average Bonchev–Trinajstić information content (AvgIpc) is 2.86. The Balaban J connectivity index is 3.39. The van der Waals surface area contributed by atoms with Gasteiger partial charge < -0.3 is 19.5 Å². The number of hydrogen-bond donors (Lipinski definition) is 1. The number of ketones is 1. The molecule has 0 aliphatic rings. The Morgan fingerprint density at radius 1 is 0.611 bits per heavy atom. The highest BCUT2D eigenvalue weighted by Crippen LogP contribution is 2.01. The molecule has 0 aromatic heterocycles. The highest BCUT2D eigenvalue weighted by molar-refractivity contribution is 5.75. The van der Waals surface area contributed by atoms with Crippen molar-refractivity contribution in [2.24, 2.45) is 0 Å². The van der Waals surface area contributed by atoms with Gasteiger partial charge in [0.25, 0.3) is 0 Å². The Hall–Kier alpha value is -2.02. The third-order valence-corrected chi connectivity index (χ3v) is 5.14. The number of Topliss-reactive ketones (excluding diaryl/α,β-unsaturated/α-hetero) is 1. The van der Waals surface area contributed by atoms with Gasteiger partial charge in [0.2, 0.25) is 5.91 Å². The van der Waals surface area contributed by atoms with E-state index in [-0.39, 0.29) is 11.7 Å². The Labute approximate surface area is 220 Å². The summed E-state index contributed by atoms with van der Waals surface area (Å²) >= 11 is 0. The Morgan fingerprint density at radius 3 is 1.67 bits per heavy atom. The molecule has 0 spiro atoms. The predicted molar refractivity (Wildman–Crippen MR) is 149 cm³/mol. The highest BCUT2D eigenvalue weighted by Gasteiger charge is 1.99. The van der Waals surface area contributed by atoms with Crippen LogP contribution in [-0.4, -0.2) is 57.9 Å². The smallest absolute Gasteiger partial charge is 0.220 e. The molecule has 0 aromatic carbocycles. The van der Waals surface area contributed by atoms with E-state index in [4.69, 9.17) is 14.2 Å². The summed E-state index contributed by atoms with van der Waals surface area (Å²) in [5.41, 5.74) is 0. The topological polar surface area (TPSA) is 73.9 Å². The van der Waals surface area contributed by atoms with E-state index >= 15 is 0 Å². The molecule has 36 heavy (non-hydrogen) atoms. The summed E-state index contributed by atoms with van der Waals surface area (Å²) in [5, 5.41) is 2.87. The zero-order valence-electron chi connectivity index (χ0n) is 22.9.